The first-order valence-corrected chi connectivity index (χ1v) is 19.2. The van der Waals surface area contributed by atoms with Crippen molar-refractivity contribution in [2.75, 3.05) is 0 Å². The summed E-state index contributed by atoms with van der Waals surface area (Å²) in [4.78, 5) is 16.9. The number of pyridine rings is 1. The maximum Gasteiger partial charge on any atom is 0.162 e. The van der Waals surface area contributed by atoms with Crippen LogP contribution < -0.4 is 4.74 Å². The Morgan fingerprint density at radius 3 is 2.15 bits per heavy atom. The van der Waals surface area contributed by atoms with Crippen LogP contribution in [0.15, 0.2) is 72.6 Å². The Balaban J connectivity index is 0.000000289. The second kappa shape index (κ2) is 17.1. The minimum Gasteiger partial charge on any atom is -0.512 e. The number of benzene rings is 4. The van der Waals surface area contributed by atoms with Crippen molar-refractivity contribution in [3.05, 3.63) is 89.8 Å². The van der Waals surface area contributed by atoms with Crippen molar-refractivity contribution in [1.82, 2.24) is 4.98 Å². The third-order valence-electron chi connectivity index (χ3n) is 11.0. The first-order valence-electron chi connectivity index (χ1n) is 19.2. The fourth-order valence-corrected chi connectivity index (χ4v) is 7.86. The molecule has 0 saturated carbocycles. The van der Waals surface area contributed by atoms with E-state index in [-0.39, 0.29) is 48.4 Å². The van der Waals surface area contributed by atoms with Crippen molar-refractivity contribution in [3.63, 3.8) is 0 Å². The Hall–Kier alpha value is -3.53. The van der Waals surface area contributed by atoms with E-state index in [4.69, 9.17) is 9.72 Å². The largest absolute Gasteiger partial charge is 0.512 e. The zero-order valence-corrected chi connectivity index (χ0v) is 35.4. The van der Waals surface area contributed by atoms with Crippen molar-refractivity contribution in [1.29, 1.82) is 0 Å². The van der Waals surface area contributed by atoms with Crippen LogP contribution in [0.1, 0.15) is 112 Å². The van der Waals surface area contributed by atoms with E-state index in [9.17, 15) is 9.90 Å². The molecule has 0 bridgehead atoms. The van der Waals surface area contributed by atoms with Gasteiger partial charge in [-0.1, -0.05) is 122 Å². The zero-order valence-electron chi connectivity index (χ0n) is 33.0. The van der Waals surface area contributed by atoms with Gasteiger partial charge in [-0.2, -0.15) is 0 Å². The van der Waals surface area contributed by atoms with Crippen molar-refractivity contribution in [2.45, 2.75) is 114 Å². The number of carbonyl (C=O) groups is 1. The smallest absolute Gasteiger partial charge is 0.162 e. The molecule has 52 heavy (non-hydrogen) atoms. The fraction of sp³-hybridized carbons (Fsp3) is 0.447. The summed E-state index contributed by atoms with van der Waals surface area (Å²) in [6, 6.07) is 23.3. The molecule has 0 saturated heterocycles. The molecule has 1 radical (unpaired) electrons. The molecule has 1 aliphatic rings. The van der Waals surface area contributed by atoms with Crippen molar-refractivity contribution < 1.29 is 34.7 Å². The second-order valence-electron chi connectivity index (χ2n) is 16.0. The van der Waals surface area contributed by atoms with E-state index in [1.807, 2.05) is 20.0 Å². The maximum atomic E-state index is 12.0. The molecule has 1 aliphatic heterocycles. The SMILES string of the molecule is CC(C)Cc1c2c([c-]c3ccccc13)-c1nccc3c1c(cc1c(CC(C)(C)C)cccc13)O2.CCC(CC)C(=O)/C=C(\O)C(CC)(CC)CC.[Ir]. The number of allylic oxidation sites excluding steroid dienone is 2. The number of aromatic nitrogens is 1. The molecule has 1 aromatic heterocycles. The molecule has 0 amide bonds. The third-order valence-corrected chi connectivity index (χ3v) is 11.0. The predicted octanol–water partition coefficient (Wildman–Crippen LogP) is 13.5. The topological polar surface area (TPSA) is 59.4 Å². The van der Waals surface area contributed by atoms with Crippen LogP contribution in [0.25, 0.3) is 43.6 Å². The summed E-state index contributed by atoms with van der Waals surface area (Å²) in [6.07, 6.45) is 9.70. The van der Waals surface area contributed by atoms with Gasteiger partial charge >= 0.3 is 0 Å². The van der Waals surface area contributed by atoms with Crippen molar-refractivity contribution >= 4 is 38.1 Å². The van der Waals surface area contributed by atoms with Gasteiger partial charge in [0, 0.05) is 54.8 Å². The molecule has 0 unspecified atom stereocenters. The molecule has 0 aliphatic carbocycles. The number of aliphatic hydroxyl groups is 1. The van der Waals surface area contributed by atoms with Crippen LogP contribution >= 0.6 is 0 Å². The van der Waals surface area contributed by atoms with Gasteiger partial charge in [0.2, 0.25) is 0 Å². The van der Waals surface area contributed by atoms with Gasteiger partial charge in [-0.25, -0.2) is 0 Å². The Labute approximate surface area is 325 Å². The summed E-state index contributed by atoms with van der Waals surface area (Å²) in [5, 5.41) is 17.4. The number of fused-ring (bicyclic) bond motifs is 5. The molecule has 4 nitrogen and oxygen atoms in total. The minimum absolute atomic E-state index is 0. The second-order valence-corrected chi connectivity index (χ2v) is 16.0. The molecule has 0 atom stereocenters. The van der Waals surface area contributed by atoms with Crippen LogP contribution in [-0.4, -0.2) is 15.9 Å². The van der Waals surface area contributed by atoms with Gasteiger partial charge in [0.1, 0.15) is 11.5 Å². The Morgan fingerprint density at radius 1 is 0.885 bits per heavy atom. The average Bonchev–Trinajstić information content (AvgIpc) is 3.10. The van der Waals surface area contributed by atoms with Crippen LogP contribution in [0.5, 0.6) is 11.5 Å². The molecule has 1 N–H and O–H groups in total. The van der Waals surface area contributed by atoms with E-state index >= 15 is 0 Å². The summed E-state index contributed by atoms with van der Waals surface area (Å²) in [5.74, 6) is 2.76. The van der Waals surface area contributed by atoms with E-state index in [1.54, 1.807) is 0 Å². The molecule has 0 spiro atoms. The molecule has 6 rings (SSSR count). The maximum absolute atomic E-state index is 12.0. The third kappa shape index (κ3) is 8.32. The molecule has 4 aromatic carbocycles. The number of ketones is 1. The first-order chi connectivity index (χ1) is 24.3. The standard InChI is InChI=1S/C32H30NO.C15H28O2.Ir/c1-19(2)15-26-22-11-7-6-9-20(22)16-27-30-29-24(13-14-33-30)23-12-8-10-21(18-32(3,4)5)25(23)17-28(29)34-31(26)27;1-6-12(7-2)13(16)11-14(17)15(8-3,9-4)10-5;/h6-14,17,19H,15,18H2,1-5H3;11-12,17H,6-10H2,1-5H3;/q-1;;/b;14-11-;. The van der Waals surface area contributed by atoms with Gasteiger partial charge in [-0.3, -0.25) is 9.78 Å². The number of rotatable bonds is 11. The van der Waals surface area contributed by atoms with Crippen LogP contribution in [0.3, 0.4) is 0 Å². The Morgan fingerprint density at radius 2 is 1.54 bits per heavy atom. The van der Waals surface area contributed by atoms with Gasteiger partial charge in [0.05, 0.1) is 5.75 Å². The molecule has 2 heterocycles. The van der Waals surface area contributed by atoms with Gasteiger partial charge in [0.15, 0.2) is 5.78 Å². The van der Waals surface area contributed by atoms with Gasteiger partial charge in [-0.15, -0.1) is 17.5 Å². The summed E-state index contributed by atoms with van der Waals surface area (Å²) >= 11 is 0. The van der Waals surface area contributed by atoms with Crippen LogP contribution in [0.4, 0.5) is 0 Å². The van der Waals surface area contributed by atoms with E-state index in [0.29, 0.717) is 5.92 Å². The van der Waals surface area contributed by atoms with Gasteiger partial charge in [0.25, 0.3) is 0 Å². The molecule has 0 fully saturated rings. The van der Waals surface area contributed by atoms with Crippen molar-refractivity contribution in [3.8, 4) is 22.8 Å². The number of carbonyl (C=O) groups excluding carboxylic acids is 1. The van der Waals surface area contributed by atoms with Crippen LogP contribution in [-0.2, 0) is 37.7 Å². The molecular weight excluding hydrogens is 819 g/mol. The van der Waals surface area contributed by atoms with E-state index < -0.39 is 0 Å². The Bertz CT molecular complexity index is 2050. The average molecular weight is 877 g/mol. The number of ether oxygens (including phenoxy) is 1. The van der Waals surface area contributed by atoms with E-state index in [0.717, 1.165) is 78.5 Å². The number of aliphatic hydroxyl groups excluding tert-OH is 1. The summed E-state index contributed by atoms with van der Waals surface area (Å²) in [5.41, 5.74) is 4.58. The zero-order chi connectivity index (χ0) is 37.1. The number of nitrogens with zero attached hydrogens (tertiary/aromatic N) is 1. The van der Waals surface area contributed by atoms with Gasteiger partial charge in [-0.05, 0) is 90.1 Å². The Kier molecular flexibility index (Phi) is 13.5. The molecule has 279 valence electrons. The minimum atomic E-state index is -0.207. The quantitative estimate of drug-likeness (QED) is 0.0610. The summed E-state index contributed by atoms with van der Waals surface area (Å²) in [6.45, 7) is 21.7. The van der Waals surface area contributed by atoms with Crippen LogP contribution in [0, 0.1) is 28.7 Å². The fourth-order valence-electron chi connectivity index (χ4n) is 7.86. The molecule has 5 aromatic rings. The first kappa shape index (κ1) is 41.2. The van der Waals surface area contributed by atoms with Crippen LogP contribution in [0.2, 0.25) is 0 Å². The van der Waals surface area contributed by atoms with Crippen molar-refractivity contribution in [2.24, 2.45) is 22.7 Å². The summed E-state index contributed by atoms with van der Waals surface area (Å²) < 4.78 is 6.81. The normalized spacial score (nSPS) is 12.8. The number of hydrogen-bond acceptors (Lipinski definition) is 4. The van der Waals surface area contributed by atoms with E-state index in [1.165, 1.54) is 38.7 Å². The monoisotopic (exact) mass is 877 g/mol. The molecular formula is C47H58IrNO3-. The van der Waals surface area contributed by atoms with Gasteiger partial charge < -0.3 is 9.84 Å². The number of hydrogen-bond donors (Lipinski definition) is 1. The summed E-state index contributed by atoms with van der Waals surface area (Å²) in [7, 11) is 0. The molecule has 5 heteroatoms. The predicted molar refractivity (Wildman–Crippen MR) is 216 cm³/mol. The van der Waals surface area contributed by atoms with E-state index in [2.05, 4.69) is 116 Å².